The van der Waals surface area contributed by atoms with E-state index in [1.807, 2.05) is 0 Å². The fraction of sp³-hybridized carbons (Fsp3) is 0.364. The van der Waals surface area contributed by atoms with Crippen molar-refractivity contribution in [3.63, 3.8) is 0 Å². The topological polar surface area (TPSA) is 74.8 Å². The zero-order valence-electron chi connectivity index (χ0n) is 16.7. The summed E-state index contributed by atoms with van der Waals surface area (Å²) in [4.78, 5) is 28.4. The van der Waals surface area contributed by atoms with Crippen LogP contribution in [0.5, 0.6) is 0 Å². The molecule has 2 amide bonds. The number of hydrogen-bond donors (Lipinski definition) is 0. The van der Waals surface area contributed by atoms with Crippen LogP contribution in [0.2, 0.25) is 0 Å². The van der Waals surface area contributed by atoms with Crippen LogP contribution in [-0.4, -0.2) is 50.5 Å². The van der Waals surface area contributed by atoms with Gasteiger partial charge in [0.05, 0.1) is 16.9 Å². The van der Waals surface area contributed by atoms with Crippen molar-refractivity contribution in [3.8, 4) is 0 Å². The third-order valence-corrected chi connectivity index (χ3v) is 8.03. The number of amides is 2. The molecule has 4 rings (SSSR count). The normalized spacial score (nSPS) is 23.6. The largest absolute Gasteiger partial charge is 0.341 e. The molecule has 0 saturated carbocycles. The summed E-state index contributed by atoms with van der Waals surface area (Å²) in [5, 5.41) is -1.01. The van der Waals surface area contributed by atoms with Gasteiger partial charge in [0.25, 0.3) is 0 Å². The summed E-state index contributed by atoms with van der Waals surface area (Å²) in [5.41, 5.74) is 0.634. The second kappa shape index (κ2) is 8.37. The van der Waals surface area contributed by atoms with E-state index in [1.165, 1.54) is 52.3 Å². The second-order valence-electron chi connectivity index (χ2n) is 7.87. The van der Waals surface area contributed by atoms with E-state index in [1.54, 1.807) is 6.07 Å². The highest BCUT2D eigenvalue weighted by Gasteiger charge is 2.40. The molecular weight excluding hydrogens is 426 g/mol. The average Bonchev–Trinajstić information content (AvgIpc) is 3.05. The predicted molar refractivity (Wildman–Crippen MR) is 111 cm³/mol. The summed E-state index contributed by atoms with van der Waals surface area (Å²) in [6, 6.07) is 11.3. The first-order chi connectivity index (χ1) is 14.8. The maximum atomic E-state index is 14.2. The van der Waals surface area contributed by atoms with Crippen molar-refractivity contribution in [2.45, 2.75) is 18.1 Å². The molecule has 164 valence electrons. The van der Waals surface area contributed by atoms with E-state index < -0.39 is 32.6 Å². The van der Waals surface area contributed by atoms with E-state index in [-0.39, 0.29) is 55.6 Å². The second-order valence-corrected chi connectivity index (χ2v) is 10.2. The van der Waals surface area contributed by atoms with Gasteiger partial charge in [-0.25, -0.2) is 17.2 Å². The van der Waals surface area contributed by atoms with Crippen LogP contribution in [0.4, 0.5) is 14.5 Å². The van der Waals surface area contributed by atoms with Gasteiger partial charge in [-0.3, -0.25) is 9.59 Å². The van der Waals surface area contributed by atoms with Crippen molar-refractivity contribution >= 4 is 27.3 Å². The standard InChI is InChI=1S/C22H22F2N2O4S/c23-16-5-7-17(8-6-16)26-14-15(13-21(26)27)22(28)25-10-9-20(31(29,30)12-11-25)18-3-1-2-4-19(18)24/h1-8,15,20H,9-14H2/t15-,20+/m1/s1. The first-order valence-corrected chi connectivity index (χ1v) is 11.8. The summed E-state index contributed by atoms with van der Waals surface area (Å²) in [6.07, 6.45) is 0.105. The van der Waals surface area contributed by atoms with Crippen molar-refractivity contribution in [2.75, 3.05) is 30.3 Å². The Morgan fingerprint density at radius 3 is 2.42 bits per heavy atom. The lowest BCUT2D eigenvalue weighted by atomic mass is 10.1. The number of benzene rings is 2. The summed E-state index contributed by atoms with van der Waals surface area (Å²) >= 11 is 0. The molecule has 31 heavy (non-hydrogen) atoms. The molecule has 6 nitrogen and oxygen atoms in total. The van der Waals surface area contributed by atoms with E-state index in [0.717, 1.165) is 0 Å². The number of anilines is 1. The van der Waals surface area contributed by atoms with E-state index in [9.17, 15) is 26.8 Å². The average molecular weight is 448 g/mol. The number of hydrogen-bond acceptors (Lipinski definition) is 4. The van der Waals surface area contributed by atoms with E-state index >= 15 is 0 Å². The van der Waals surface area contributed by atoms with Crippen LogP contribution in [0.15, 0.2) is 48.5 Å². The molecule has 2 saturated heterocycles. The van der Waals surface area contributed by atoms with Crippen LogP contribution in [0.1, 0.15) is 23.7 Å². The molecule has 9 heteroatoms. The predicted octanol–water partition coefficient (Wildman–Crippen LogP) is 2.71. The van der Waals surface area contributed by atoms with Gasteiger partial charge in [0.15, 0.2) is 9.84 Å². The van der Waals surface area contributed by atoms with Crippen LogP contribution in [0.3, 0.4) is 0 Å². The molecule has 0 unspecified atom stereocenters. The lowest BCUT2D eigenvalue weighted by molar-refractivity contribution is -0.135. The van der Waals surface area contributed by atoms with E-state index in [0.29, 0.717) is 5.69 Å². The highest BCUT2D eigenvalue weighted by atomic mass is 32.2. The van der Waals surface area contributed by atoms with Crippen LogP contribution < -0.4 is 4.90 Å². The summed E-state index contributed by atoms with van der Waals surface area (Å²) in [7, 11) is -3.64. The Morgan fingerprint density at radius 1 is 1.00 bits per heavy atom. The number of rotatable bonds is 3. The Labute approximate surface area is 179 Å². The smallest absolute Gasteiger partial charge is 0.228 e. The van der Waals surface area contributed by atoms with Gasteiger partial charge in [-0.2, -0.15) is 0 Å². The molecule has 2 aromatic carbocycles. The SMILES string of the molecule is O=C([C@@H]1CC(=O)N(c2ccc(F)cc2)C1)N1CC[C@@H](c2ccccc2F)S(=O)(=O)CC1. The minimum absolute atomic E-state index is 0.00730. The first kappa shape index (κ1) is 21.4. The van der Waals surface area contributed by atoms with Crippen molar-refractivity contribution in [3.05, 3.63) is 65.7 Å². The third-order valence-electron chi connectivity index (χ3n) is 5.92. The molecule has 2 aliphatic heterocycles. The minimum Gasteiger partial charge on any atom is -0.341 e. The van der Waals surface area contributed by atoms with Gasteiger partial charge in [-0.1, -0.05) is 18.2 Å². The van der Waals surface area contributed by atoms with Crippen molar-refractivity contribution < 1.29 is 26.8 Å². The maximum Gasteiger partial charge on any atom is 0.228 e. The Bertz CT molecular complexity index is 1100. The zero-order chi connectivity index (χ0) is 22.2. The Kier molecular flexibility index (Phi) is 5.79. The monoisotopic (exact) mass is 448 g/mol. The van der Waals surface area contributed by atoms with Gasteiger partial charge in [-0.05, 0) is 36.8 Å². The Balaban J connectivity index is 1.48. The van der Waals surface area contributed by atoms with Gasteiger partial charge < -0.3 is 9.80 Å². The maximum absolute atomic E-state index is 14.2. The number of carbonyl (C=O) groups is 2. The summed E-state index contributed by atoms with van der Waals surface area (Å²) in [6.45, 7) is 0.328. The van der Waals surface area contributed by atoms with Crippen LogP contribution in [0.25, 0.3) is 0 Å². The molecule has 0 aromatic heterocycles. The minimum atomic E-state index is -3.64. The van der Waals surface area contributed by atoms with Crippen molar-refractivity contribution in [1.82, 2.24) is 4.90 Å². The summed E-state index contributed by atoms with van der Waals surface area (Å²) < 4.78 is 52.9. The number of carbonyl (C=O) groups excluding carboxylic acids is 2. The van der Waals surface area contributed by atoms with E-state index in [2.05, 4.69) is 0 Å². The molecule has 0 aliphatic carbocycles. The Hall–Kier alpha value is -2.81. The Morgan fingerprint density at radius 2 is 1.71 bits per heavy atom. The molecule has 2 aliphatic rings. The fourth-order valence-corrected chi connectivity index (χ4v) is 6.05. The molecule has 2 atom stereocenters. The lowest BCUT2D eigenvalue weighted by Gasteiger charge is -2.23. The number of sulfone groups is 1. The van der Waals surface area contributed by atoms with Crippen LogP contribution in [0, 0.1) is 17.6 Å². The molecule has 2 heterocycles. The van der Waals surface area contributed by atoms with Crippen LogP contribution in [-0.2, 0) is 19.4 Å². The molecular formula is C22H22F2N2O4S. The van der Waals surface area contributed by atoms with E-state index in [4.69, 9.17) is 0 Å². The van der Waals surface area contributed by atoms with Crippen molar-refractivity contribution in [2.24, 2.45) is 5.92 Å². The highest BCUT2D eigenvalue weighted by Crippen LogP contribution is 2.32. The molecule has 0 spiro atoms. The number of nitrogens with zero attached hydrogens (tertiary/aromatic N) is 2. The van der Waals surface area contributed by atoms with Gasteiger partial charge in [0, 0.05) is 37.3 Å². The van der Waals surface area contributed by atoms with Crippen molar-refractivity contribution in [1.29, 1.82) is 0 Å². The molecule has 0 N–H and O–H groups in total. The van der Waals surface area contributed by atoms with Gasteiger partial charge in [0.2, 0.25) is 11.8 Å². The lowest BCUT2D eigenvalue weighted by Crippen LogP contribution is -2.39. The van der Waals surface area contributed by atoms with Gasteiger partial charge >= 0.3 is 0 Å². The molecule has 0 radical (unpaired) electrons. The zero-order valence-corrected chi connectivity index (χ0v) is 17.5. The third kappa shape index (κ3) is 4.32. The van der Waals surface area contributed by atoms with Gasteiger partial charge in [-0.15, -0.1) is 0 Å². The molecule has 0 bridgehead atoms. The quantitative estimate of drug-likeness (QED) is 0.724. The number of halogens is 2. The summed E-state index contributed by atoms with van der Waals surface area (Å²) in [5.74, 6) is -2.39. The van der Waals surface area contributed by atoms with Gasteiger partial charge in [0.1, 0.15) is 11.6 Å². The van der Waals surface area contributed by atoms with Crippen LogP contribution >= 0.6 is 0 Å². The molecule has 2 aromatic rings. The highest BCUT2D eigenvalue weighted by molar-refractivity contribution is 7.91. The first-order valence-electron chi connectivity index (χ1n) is 10.1. The fourth-order valence-electron chi connectivity index (χ4n) is 4.25. The molecule has 2 fully saturated rings.